The van der Waals surface area contributed by atoms with E-state index in [4.69, 9.17) is 14.2 Å². The molecule has 2 aromatic rings. The molecule has 2 fully saturated rings. The number of benzene rings is 1. The van der Waals surface area contributed by atoms with Gasteiger partial charge in [-0.2, -0.15) is 0 Å². The van der Waals surface area contributed by atoms with E-state index < -0.39 is 12.2 Å². The molecular weight excluding hydrogens is 356 g/mol. The van der Waals surface area contributed by atoms with Gasteiger partial charge in [-0.3, -0.25) is 10.1 Å². The number of hydrogen-bond donors (Lipinski definition) is 2. The smallest absolute Gasteiger partial charge is 0.412 e. The van der Waals surface area contributed by atoms with Gasteiger partial charge in [-0.25, -0.2) is 4.79 Å². The topological polar surface area (TPSA) is 85.9 Å². The fourth-order valence-corrected chi connectivity index (χ4v) is 3.77. The Hall–Kier alpha value is -2.42. The lowest BCUT2D eigenvalue weighted by Crippen LogP contribution is -2.44. The first kappa shape index (κ1) is 17.0. The summed E-state index contributed by atoms with van der Waals surface area (Å²) in [5, 5.41) is 7.45. The molecule has 7 nitrogen and oxygen atoms in total. The Kier molecular flexibility index (Phi) is 4.87. The number of nitrogens with one attached hydrogen (secondary N) is 2. The van der Waals surface area contributed by atoms with E-state index in [0.29, 0.717) is 17.2 Å². The van der Waals surface area contributed by atoms with Crippen molar-refractivity contribution >= 4 is 29.0 Å². The molecule has 4 atom stereocenters. The van der Waals surface area contributed by atoms with Crippen molar-refractivity contribution < 1.29 is 23.8 Å². The average Bonchev–Trinajstić information content (AvgIpc) is 3.36. The second-order valence-electron chi connectivity index (χ2n) is 6.09. The van der Waals surface area contributed by atoms with Crippen molar-refractivity contribution in [1.82, 2.24) is 5.32 Å². The number of hydrogen-bond acceptors (Lipinski definition) is 6. The van der Waals surface area contributed by atoms with Gasteiger partial charge in [0.25, 0.3) is 5.91 Å². The van der Waals surface area contributed by atoms with E-state index in [2.05, 4.69) is 10.6 Å². The summed E-state index contributed by atoms with van der Waals surface area (Å²) in [6.45, 7) is 0.565. The van der Waals surface area contributed by atoms with Gasteiger partial charge in [-0.15, -0.1) is 11.3 Å². The van der Waals surface area contributed by atoms with Crippen LogP contribution in [0.3, 0.4) is 0 Å². The maximum Gasteiger partial charge on any atom is 0.412 e. The number of para-hydroxylation sites is 1. The molecule has 0 radical (unpaired) electrons. The van der Waals surface area contributed by atoms with Gasteiger partial charge in [0, 0.05) is 5.69 Å². The molecule has 2 aliphatic heterocycles. The Balaban J connectivity index is 1.32. The summed E-state index contributed by atoms with van der Waals surface area (Å²) >= 11 is 1.38. The average molecular weight is 374 g/mol. The standard InChI is InChI=1S/C18H18N2O5S/c21-17(14-7-4-8-26-14)20-12-9-23-16-13(10-24-15(12)16)25-18(22)19-11-5-2-1-3-6-11/h1-8,12-13,15-16H,9-10H2,(H,19,22)(H,20,21)/t12-,13-,15-,16+/m0/s1. The highest BCUT2D eigenvalue weighted by atomic mass is 32.1. The molecule has 0 spiro atoms. The van der Waals surface area contributed by atoms with Gasteiger partial charge in [-0.1, -0.05) is 24.3 Å². The highest BCUT2D eigenvalue weighted by Crippen LogP contribution is 2.29. The van der Waals surface area contributed by atoms with Crippen LogP contribution < -0.4 is 10.6 Å². The normalized spacial score (nSPS) is 26.9. The monoisotopic (exact) mass is 374 g/mol. The summed E-state index contributed by atoms with van der Waals surface area (Å²) in [7, 11) is 0. The van der Waals surface area contributed by atoms with Crippen molar-refractivity contribution in [2.45, 2.75) is 24.4 Å². The second-order valence-corrected chi connectivity index (χ2v) is 7.04. The van der Waals surface area contributed by atoms with Crippen LogP contribution in [0.2, 0.25) is 0 Å². The summed E-state index contributed by atoms with van der Waals surface area (Å²) in [6, 6.07) is 12.4. The predicted molar refractivity (Wildman–Crippen MR) is 95.4 cm³/mol. The number of rotatable bonds is 4. The summed E-state index contributed by atoms with van der Waals surface area (Å²) in [5.74, 6) is -0.149. The van der Waals surface area contributed by atoms with Crippen LogP contribution in [0.1, 0.15) is 9.67 Å². The maximum atomic E-state index is 12.2. The number of carbonyl (C=O) groups is 2. The van der Waals surface area contributed by atoms with E-state index in [0.717, 1.165) is 0 Å². The van der Waals surface area contributed by atoms with Gasteiger partial charge in [0.15, 0.2) is 6.10 Å². The van der Waals surface area contributed by atoms with Crippen LogP contribution in [-0.2, 0) is 14.2 Å². The minimum Gasteiger partial charge on any atom is -0.441 e. The molecule has 8 heteroatoms. The molecule has 1 aromatic heterocycles. The Morgan fingerprint density at radius 1 is 1.04 bits per heavy atom. The minimum absolute atomic E-state index is 0.149. The molecule has 2 aliphatic rings. The van der Waals surface area contributed by atoms with Crippen molar-refractivity contribution in [1.29, 1.82) is 0 Å². The fraction of sp³-hybridized carbons (Fsp3) is 0.333. The van der Waals surface area contributed by atoms with Gasteiger partial charge in [0.2, 0.25) is 0 Å². The molecule has 0 unspecified atom stereocenters. The molecular formula is C18H18N2O5S. The second kappa shape index (κ2) is 7.45. The minimum atomic E-state index is -0.555. The van der Waals surface area contributed by atoms with Crippen LogP contribution in [0.25, 0.3) is 0 Å². The third-order valence-corrected chi connectivity index (χ3v) is 5.22. The zero-order chi connectivity index (χ0) is 17.9. The molecule has 2 amide bonds. The lowest BCUT2D eigenvalue weighted by atomic mass is 10.1. The summed E-state index contributed by atoms with van der Waals surface area (Å²) in [6.07, 6.45) is -1.77. The summed E-state index contributed by atoms with van der Waals surface area (Å²) < 4.78 is 16.9. The van der Waals surface area contributed by atoms with Crippen molar-refractivity contribution in [2.75, 3.05) is 18.5 Å². The van der Waals surface area contributed by atoms with Gasteiger partial charge >= 0.3 is 6.09 Å². The van der Waals surface area contributed by atoms with Crippen molar-refractivity contribution in [3.63, 3.8) is 0 Å². The Labute approximate surface area is 154 Å². The molecule has 0 aliphatic carbocycles. The number of ether oxygens (including phenoxy) is 3. The Bertz CT molecular complexity index is 767. The number of anilines is 1. The van der Waals surface area contributed by atoms with Crippen LogP contribution >= 0.6 is 11.3 Å². The molecule has 1 aromatic carbocycles. The number of fused-ring (bicyclic) bond motifs is 1. The number of carbonyl (C=O) groups excluding carboxylic acids is 2. The number of amides is 2. The molecule has 0 bridgehead atoms. The van der Waals surface area contributed by atoms with E-state index >= 15 is 0 Å². The van der Waals surface area contributed by atoms with E-state index in [1.54, 1.807) is 18.2 Å². The molecule has 136 valence electrons. The SMILES string of the molecule is O=C(Nc1ccccc1)O[C@H]1CO[C@@H]2[C@@H]1OC[C@@H]2NC(=O)c1cccs1. The molecule has 26 heavy (non-hydrogen) atoms. The Morgan fingerprint density at radius 3 is 2.62 bits per heavy atom. The predicted octanol–water partition coefficient (Wildman–Crippen LogP) is 2.26. The van der Waals surface area contributed by atoms with Crippen LogP contribution in [0, 0.1) is 0 Å². The van der Waals surface area contributed by atoms with Gasteiger partial charge < -0.3 is 19.5 Å². The molecule has 2 saturated heterocycles. The fourth-order valence-electron chi connectivity index (χ4n) is 3.14. The van der Waals surface area contributed by atoms with Gasteiger partial charge in [0.1, 0.15) is 12.2 Å². The van der Waals surface area contributed by atoms with Crippen LogP contribution in [-0.4, -0.2) is 49.6 Å². The van der Waals surface area contributed by atoms with Crippen LogP contribution in [0.5, 0.6) is 0 Å². The number of thiophene rings is 1. The van der Waals surface area contributed by atoms with Crippen molar-refractivity contribution in [2.24, 2.45) is 0 Å². The highest BCUT2D eigenvalue weighted by Gasteiger charge is 2.50. The van der Waals surface area contributed by atoms with Crippen LogP contribution in [0.15, 0.2) is 47.8 Å². The largest absolute Gasteiger partial charge is 0.441 e. The Morgan fingerprint density at radius 2 is 1.85 bits per heavy atom. The van der Waals surface area contributed by atoms with E-state index in [-0.39, 0.29) is 30.8 Å². The molecule has 4 rings (SSSR count). The summed E-state index contributed by atoms with van der Waals surface area (Å²) in [4.78, 5) is 24.9. The first-order valence-electron chi connectivity index (χ1n) is 8.31. The maximum absolute atomic E-state index is 12.2. The lowest BCUT2D eigenvalue weighted by molar-refractivity contribution is 0.00862. The highest BCUT2D eigenvalue weighted by molar-refractivity contribution is 7.12. The molecule has 0 saturated carbocycles. The third-order valence-electron chi connectivity index (χ3n) is 4.35. The zero-order valence-corrected chi connectivity index (χ0v) is 14.6. The van der Waals surface area contributed by atoms with Crippen LogP contribution in [0.4, 0.5) is 10.5 Å². The molecule has 2 N–H and O–H groups in total. The van der Waals surface area contributed by atoms with Crippen molar-refractivity contribution in [3.05, 3.63) is 52.7 Å². The quantitative estimate of drug-likeness (QED) is 0.857. The van der Waals surface area contributed by atoms with E-state index in [9.17, 15) is 9.59 Å². The zero-order valence-electron chi connectivity index (χ0n) is 13.8. The van der Waals surface area contributed by atoms with E-state index in [1.807, 2.05) is 29.6 Å². The van der Waals surface area contributed by atoms with Gasteiger partial charge in [-0.05, 0) is 23.6 Å². The molecule has 3 heterocycles. The van der Waals surface area contributed by atoms with Gasteiger partial charge in [0.05, 0.1) is 24.1 Å². The third kappa shape index (κ3) is 3.57. The van der Waals surface area contributed by atoms with E-state index in [1.165, 1.54) is 11.3 Å². The summed E-state index contributed by atoms with van der Waals surface area (Å²) in [5.41, 5.74) is 0.654. The first-order valence-corrected chi connectivity index (χ1v) is 9.19. The lowest BCUT2D eigenvalue weighted by Gasteiger charge is -2.17. The first-order chi connectivity index (χ1) is 12.7. The van der Waals surface area contributed by atoms with Crippen molar-refractivity contribution in [3.8, 4) is 0 Å².